The number of esters is 1. The molecule has 0 rings (SSSR count). The first-order chi connectivity index (χ1) is 2.77. The molecule has 0 aliphatic rings. The normalized spacial score (nSPS) is 6.57. The van der Waals surface area contributed by atoms with Crippen molar-refractivity contribution < 1.29 is 29.0 Å². The van der Waals surface area contributed by atoms with E-state index in [4.69, 9.17) is 0 Å². The van der Waals surface area contributed by atoms with E-state index in [2.05, 4.69) is 4.74 Å². The Morgan fingerprint density at radius 2 is 2.14 bits per heavy atom. The first-order valence-electron chi connectivity index (χ1n) is 1.90. The number of carbonyl (C=O) groups excluding carboxylic acids is 1. The van der Waals surface area contributed by atoms with Crippen LogP contribution in [0.1, 0.15) is 13.8 Å². The summed E-state index contributed by atoms with van der Waals surface area (Å²) in [5.74, 6) is -0.211. The van der Waals surface area contributed by atoms with Gasteiger partial charge in [-0.1, -0.05) is 0 Å². The van der Waals surface area contributed by atoms with Crippen molar-refractivity contribution in [2.45, 2.75) is 13.8 Å². The molecule has 43 valence electrons. The Bertz CT molecular complexity index is 53.7. The van der Waals surface area contributed by atoms with E-state index < -0.39 is 0 Å². The summed E-state index contributed by atoms with van der Waals surface area (Å²) in [5, 5.41) is 0. The number of hydrogen-bond acceptors (Lipinski definition) is 2. The van der Waals surface area contributed by atoms with E-state index in [0.29, 0.717) is 6.61 Å². The molecule has 1 radical (unpaired) electrons. The van der Waals surface area contributed by atoms with Gasteiger partial charge < -0.3 is 4.74 Å². The maximum atomic E-state index is 9.82. The van der Waals surface area contributed by atoms with Crippen molar-refractivity contribution in [1.82, 2.24) is 0 Å². The van der Waals surface area contributed by atoms with Gasteiger partial charge in [-0.3, -0.25) is 4.79 Å². The van der Waals surface area contributed by atoms with Crippen molar-refractivity contribution in [2.24, 2.45) is 0 Å². The fourth-order valence-corrected chi connectivity index (χ4v) is 0.203. The first kappa shape index (κ1) is 10.2. The molecule has 0 saturated heterocycles. The second-order valence-corrected chi connectivity index (χ2v) is 0.925. The molecule has 0 amide bonds. The molecule has 0 aliphatic heterocycles. The van der Waals surface area contributed by atoms with Gasteiger partial charge >= 0.3 is 25.4 Å². The molecule has 3 heteroatoms. The van der Waals surface area contributed by atoms with Crippen LogP contribution in [0.2, 0.25) is 0 Å². The Labute approximate surface area is 56.0 Å². The summed E-state index contributed by atoms with van der Waals surface area (Å²) in [5.41, 5.74) is 0. The minimum Gasteiger partial charge on any atom is -0.466 e. The first-order valence-corrected chi connectivity index (χ1v) is 1.90. The summed E-state index contributed by atoms with van der Waals surface area (Å²) in [6, 6.07) is 0. The van der Waals surface area contributed by atoms with Crippen molar-refractivity contribution in [3.05, 3.63) is 0 Å². The third-order valence-electron chi connectivity index (χ3n) is 0.348. The van der Waals surface area contributed by atoms with Gasteiger partial charge in [-0.25, -0.2) is 0 Å². The van der Waals surface area contributed by atoms with E-state index in [1.807, 2.05) is 0 Å². The molecule has 7 heavy (non-hydrogen) atoms. The maximum absolute atomic E-state index is 9.82. The Balaban J connectivity index is 0. The van der Waals surface area contributed by atoms with Crippen molar-refractivity contribution in [1.29, 1.82) is 0 Å². The van der Waals surface area contributed by atoms with Crippen LogP contribution in [0.5, 0.6) is 0 Å². The van der Waals surface area contributed by atoms with Gasteiger partial charge in [0, 0.05) is 6.92 Å². The molecule has 0 aromatic carbocycles. The number of hydrogen-bond donors (Lipinski definition) is 0. The fraction of sp³-hybridized carbons (Fsp3) is 0.750. The summed E-state index contributed by atoms with van der Waals surface area (Å²) in [6.07, 6.45) is 0. The Morgan fingerprint density at radius 1 is 1.71 bits per heavy atom. The van der Waals surface area contributed by atoms with Gasteiger partial charge in [0.05, 0.1) is 6.61 Å². The topological polar surface area (TPSA) is 26.3 Å². The molecular formula is C4H8O2Rh+2. The van der Waals surface area contributed by atoms with Crippen LogP contribution in [-0.2, 0) is 29.0 Å². The number of rotatable bonds is 1. The van der Waals surface area contributed by atoms with Gasteiger partial charge in [0.2, 0.25) is 0 Å². The molecule has 0 heterocycles. The Kier molecular flexibility index (Phi) is 8.84. The van der Waals surface area contributed by atoms with Crippen LogP contribution in [0.4, 0.5) is 0 Å². The summed E-state index contributed by atoms with van der Waals surface area (Å²) in [7, 11) is 0. The minimum absolute atomic E-state index is 0. The Hall–Kier alpha value is 0.0934. The van der Waals surface area contributed by atoms with E-state index in [9.17, 15) is 4.79 Å². The molecule has 0 aliphatic carbocycles. The second-order valence-electron chi connectivity index (χ2n) is 0.925. The monoisotopic (exact) mass is 191 g/mol. The second kappa shape index (κ2) is 6.09. The minimum atomic E-state index is -0.211. The summed E-state index contributed by atoms with van der Waals surface area (Å²) >= 11 is 0. The van der Waals surface area contributed by atoms with Gasteiger partial charge in [0.1, 0.15) is 0 Å². The van der Waals surface area contributed by atoms with Gasteiger partial charge in [-0.15, -0.1) is 0 Å². The predicted molar refractivity (Wildman–Crippen MR) is 22.3 cm³/mol. The molecule has 0 unspecified atom stereocenters. The quantitative estimate of drug-likeness (QED) is 0.447. The van der Waals surface area contributed by atoms with Gasteiger partial charge in [-0.05, 0) is 6.92 Å². The number of ether oxygens (including phenoxy) is 1. The van der Waals surface area contributed by atoms with E-state index in [1.165, 1.54) is 6.92 Å². The maximum Gasteiger partial charge on any atom is 2.00 e. The summed E-state index contributed by atoms with van der Waals surface area (Å²) in [4.78, 5) is 9.82. The molecule has 0 aromatic rings. The molecule has 0 bridgehead atoms. The zero-order valence-electron chi connectivity index (χ0n) is 4.36. The van der Waals surface area contributed by atoms with Crippen LogP contribution in [0.25, 0.3) is 0 Å². The largest absolute Gasteiger partial charge is 2.00 e. The Morgan fingerprint density at radius 3 is 2.14 bits per heavy atom. The molecule has 0 fully saturated rings. The SMILES string of the molecule is CCOC(C)=O.[Rh+2]. The smallest absolute Gasteiger partial charge is 0.466 e. The molecule has 0 spiro atoms. The van der Waals surface area contributed by atoms with E-state index >= 15 is 0 Å². The van der Waals surface area contributed by atoms with Crippen molar-refractivity contribution >= 4 is 5.97 Å². The fourth-order valence-electron chi connectivity index (χ4n) is 0.203. The van der Waals surface area contributed by atoms with Crippen molar-refractivity contribution in [3.63, 3.8) is 0 Å². The van der Waals surface area contributed by atoms with Crippen LogP contribution in [0.3, 0.4) is 0 Å². The van der Waals surface area contributed by atoms with E-state index in [-0.39, 0.29) is 25.4 Å². The number of carbonyl (C=O) groups is 1. The van der Waals surface area contributed by atoms with Gasteiger partial charge in [0.15, 0.2) is 0 Å². The third-order valence-corrected chi connectivity index (χ3v) is 0.348. The molecule has 2 nitrogen and oxygen atoms in total. The molecule has 0 saturated carbocycles. The van der Waals surface area contributed by atoms with Gasteiger partial charge in [-0.2, -0.15) is 0 Å². The molecule has 0 N–H and O–H groups in total. The van der Waals surface area contributed by atoms with Crippen LogP contribution >= 0.6 is 0 Å². The molecule has 0 atom stereocenters. The summed E-state index contributed by atoms with van der Waals surface area (Å²) < 4.78 is 4.40. The zero-order valence-corrected chi connectivity index (χ0v) is 6.00. The van der Waals surface area contributed by atoms with Crippen molar-refractivity contribution in [2.75, 3.05) is 6.61 Å². The third kappa shape index (κ3) is 10.7. The standard InChI is InChI=1S/C4H8O2.Rh/c1-3-6-4(2)5;/h3H2,1-2H3;/q;+2. The van der Waals surface area contributed by atoms with E-state index in [0.717, 1.165) is 0 Å². The van der Waals surface area contributed by atoms with Crippen LogP contribution < -0.4 is 0 Å². The van der Waals surface area contributed by atoms with Crippen molar-refractivity contribution in [3.8, 4) is 0 Å². The van der Waals surface area contributed by atoms with Crippen LogP contribution in [-0.4, -0.2) is 12.6 Å². The van der Waals surface area contributed by atoms with Crippen LogP contribution in [0, 0.1) is 0 Å². The predicted octanol–water partition coefficient (Wildman–Crippen LogP) is 0.567. The zero-order chi connectivity index (χ0) is 4.99. The van der Waals surface area contributed by atoms with E-state index in [1.54, 1.807) is 6.92 Å². The molecular weight excluding hydrogens is 183 g/mol. The van der Waals surface area contributed by atoms with Gasteiger partial charge in [0.25, 0.3) is 0 Å². The summed E-state index contributed by atoms with van der Waals surface area (Å²) in [6.45, 7) is 3.65. The average molecular weight is 191 g/mol. The molecule has 0 aromatic heterocycles. The average Bonchev–Trinajstić information content (AvgIpc) is 1.35. The van der Waals surface area contributed by atoms with Crippen LogP contribution in [0.15, 0.2) is 0 Å².